The summed E-state index contributed by atoms with van der Waals surface area (Å²) in [5.74, 6) is -2.15. The third kappa shape index (κ3) is 3.28. The molecular weight excluding hydrogens is 278 g/mol. The topological polar surface area (TPSA) is 64.3 Å². The van der Waals surface area contributed by atoms with Crippen molar-refractivity contribution in [2.24, 2.45) is 0 Å². The van der Waals surface area contributed by atoms with Gasteiger partial charge in [-0.15, -0.1) is 0 Å². The van der Waals surface area contributed by atoms with Crippen LogP contribution in [0.3, 0.4) is 0 Å². The van der Waals surface area contributed by atoms with Gasteiger partial charge in [-0.3, -0.25) is 4.79 Å². The van der Waals surface area contributed by atoms with Gasteiger partial charge in [0, 0.05) is 6.07 Å². The maximum absolute atomic E-state index is 13.6. The second-order valence-corrected chi connectivity index (χ2v) is 4.24. The zero-order valence-corrected chi connectivity index (χ0v) is 11.3. The monoisotopic (exact) mass is 292 g/mol. The molecule has 2 rings (SSSR count). The summed E-state index contributed by atoms with van der Waals surface area (Å²) in [5, 5.41) is 2.52. The molecule has 4 nitrogen and oxygen atoms in total. The first-order valence-corrected chi connectivity index (χ1v) is 6.30. The van der Waals surface area contributed by atoms with Gasteiger partial charge >= 0.3 is 0 Å². The van der Waals surface area contributed by atoms with Crippen molar-refractivity contribution in [2.75, 3.05) is 17.7 Å². The molecule has 0 aliphatic rings. The molecule has 21 heavy (non-hydrogen) atoms. The number of benzene rings is 2. The molecule has 0 unspecified atom stereocenters. The van der Waals surface area contributed by atoms with Crippen LogP contribution < -0.4 is 15.8 Å². The Balaban J connectivity index is 2.28. The lowest BCUT2D eigenvalue weighted by Gasteiger charge is -2.12. The maximum Gasteiger partial charge on any atom is 0.258 e. The van der Waals surface area contributed by atoms with E-state index in [0.717, 1.165) is 6.07 Å². The van der Waals surface area contributed by atoms with Crippen LogP contribution in [0.1, 0.15) is 17.3 Å². The van der Waals surface area contributed by atoms with Crippen molar-refractivity contribution in [1.82, 2.24) is 0 Å². The molecule has 6 heteroatoms. The van der Waals surface area contributed by atoms with Gasteiger partial charge in [0.25, 0.3) is 5.91 Å². The molecule has 0 fully saturated rings. The largest absolute Gasteiger partial charge is 0.492 e. The molecule has 0 atom stereocenters. The number of carbonyl (C=O) groups excluding carboxylic acids is 1. The average Bonchev–Trinajstić information content (AvgIpc) is 2.45. The lowest BCUT2D eigenvalue weighted by molar-refractivity contribution is 0.102. The van der Waals surface area contributed by atoms with Crippen molar-refractivity contribution in [2.45, 2.75) is 6.92 Å². The van der Waals surface area contributed by atoms with Crippen LogP contribution in [-0.2, 0) is 0 Å². The van der Waals surface area contributed by atoms with E-state index < -0.39 is 17.5 Å². The van der Waals surface area contributed by atoms with E-state index >= 15 is 0 Å². The molecule has 110 valence electrons. The Hall–Kier alpha value is -2.63. The molecule has 0 aromatic heterocycles. The molecule has 0 aliphatic heterocycles. The molecule has 0 bridgehead atoms. The summed E-state index contributed by atoms with van der Waals surface area (Å²) < 4.78 is 32.1. The van der Waals surface area contributed by atoms with Gasteiger partial charge in [-0.2, -0.15) is 0 Å². The SMILES string of the molecule is CCOc1ccccc1NC(=O)c1cc(N)c(F)cc1F. The Morgan fingerprint density at radius 2 is 1.95 bits per heavy atom. The number of rotatable bonds is 4. The molecule has 2 aromatic carbocycles. The fourth-order valence-electron chi connectivity index (χ4n) is 1.78. The van der Waals surface area contributed by atoms with Crippen LogP contribution in [0, 0.1) is 11.6 Å². The quantitative estimate of drug-likeness (QED) is 0.851. The normalized spacial score (nSPS) is 10.2. The van der Waals surface area contributed by atoms with Gasteiger partial charge in [0.1, 0.15) is 17.4 Å². The number of halogens is 2. The Bertz CT molecular complexity index is 675. The van der Waals surface area contributed by atoms with Crippen LogP contribution in [0.5, 0.6) is 5.75 Å². The number of carbonyl (C=O) groups is 1. The Labute approximate surface area is 120 Å². The summed E-state index contributed by atoms with van der Waals surface area (Å²) in [4.78, 5) is 12.1. The smallest absolute Gasteiger partial charge is 0.258 e. The first kappa shape index (κ1) is 14.8. The van der Waals surface area contributed by atoms with Crippen LogP contribution >= 0.6 is 0 Å². The van der Waals surface area contributed by atoms with Crippen molar-refractivity contribution >= 4 is 17.3 Å². The van der Waals surface area contributed by atoms with E-state index in [-0.39, 0.29) is 11.3 Å². The third-order valence-electron chi connectivity index (χ3n) is 2.77. The first-order valence-electron chi connectivity index (χ1n) is 6.30. The van der Waals surface area contributed by atoms with Crippen LogP contribution in [0.25, 0.3) is 0 Å². The van der Waals surface area contributed by atoms with Crippen molar-refractivity contribution in [3.8, 4) is 5.75 Å². The summed E-state index contributed by atoms with van der Waals surface area (Å²) in [7, 11) is 0. The summed E-state index contributed by atoms with van der Waals surface area (Å²) >= 11 is 0. The molecule has 0 aliphatic carbocycles. The zero-order chi connectivity index (χ0) is 15.4. The van der Waals surface area contributed by atoms with E-state index in [2.05, 4.69) is 5.32 Å². The standard InChI is InChI=1S/C15H14F2N2O2/c1-2-21-14-6-4-3-5-13(14)19-15(20)9-7-12(18)11(17)8-10(9)16/h3-8H,2,18H2,1H3,(H,19,20). The highest BCUT2D eigenvalue weighted by Gasteiger charge is 2.16. The number of hydrogen-bond donors (Lipinski definition) is 2. The molecule has 0 saturated carbocycles. The molecule has 0 spiro atoms. The fourth-order valence-corrected chi connectivity index (χ4v) is 1.78. The van der Waals surface area contributed by atoms with E-state index in [9.17, 15) is 13.6 Å². The van der Waals surface area contributed by atoms with E-state index in [1.807, 2.05) is 0 Å². The molecule has 0 saturated heterocycles. The summed E-state index contributed by atoms with van der Waals surface area (Å²) in [6.45, 7) is 2.23. The number of nitrogen functional groups attached to an aromatic ring is 1. The second kappa shape index (κ2) is 6.21. The van der Waals surface area contributed by atoms with E-state index in [1.165, 1.54) is 0 Å². The summed E-state index contributed by atoms with van der Waals surface area (Å²) in [6.07, 6.45) is 0. The summed E-state index contributed by atoms with van der Waals surface area (Å²) in [5.41, 5.74) is 5.12. The third-order valence-corrected chi connectivity index (χ3v) is 2.77. The van der Waals surface area contributed by atoms with Crippen LogP contribution in [-0.4, -0.2) is 12.5 Å². The van der Waals surface area contributed by atoms with E-state index in [0.29, 0.717) is 24.1 Å². The minimum atomic E-state index is -0.979. The van der Waals surface area contributed by atoms with Gasteiger partial charge in [-0.05, 0) is 25.1 Å². The van der Waals surface area contributed by atoms with Crippen molar-refractivity contribution in [1.29, 1.82) is 0 Å². The number of nitrogens with one attached hydrogen (secondary N) is 1. The van der Waals surface area contributed by atoms with Crippen LogP contribution in [0.2, 0.25) is 0 Å². The zero-order valence-electron chi connectivity index (χ0n) is 11.3. The second-order valence-electron chi connectivity index (χ2n) is 4.24. The van der Waals surface area contributed by atoms with E-state index in [1.54, 1.807) is 31.2 Å². The van der Waals surface area contributed by atoms with Crippen molar-refractivity contribution in [3.05, 3.63) is 53.6 Å². The molecule has 2 aromatic rings. The Morgan fingerprint density at radius 1 is 1.24 bits per heavy atom. The van der Waals surface area contributed by atoms with Gasteiger partial charge in [0.2, 0.25) is 0 Å². The number of ether oxygens (including phenoxy) is 1. The van der Waals surface area contributed by atoms with E-state index in [4.69, 9.17) is 10.5 Å². The predicted octanol–water partition coefficient (Wildman–Crippen LogP) is 3.20. The molecular formula is C15H14F2N2O2. The fraction of sp³-hybridized carbons (Fsp3) is 0.133. The minimum absolute atomic E-state index is 0.292. The predicted molar refractivity (Wildman–Crippen MR) is 76.3 cm³/mol. The number of amides is 1. The van der Waals surface area contributed by atoms with Gasteiger partial charge in [0.15, 0.2) is 0 Å². The molecule has 0 radical (unpaired) electrons. The minimum Gasteiger partial charge on any atom is -0.492 e. The van der Waals surface area contributed by atoms with Gasteiger partial charge in [0.05, 0.1) is 23.5 Å². The van der Waals surface area contributed by atoms with Gasteiger partial charge < -0.3 is 15.8 Å². The Kier molecular flexibility index (Phi) is 4.37. The average molecular weight is 292 g/mol. The number of hydrogen-bond acceptors (Lipinski definition) is 3. The highest BCUT2D eigenvalue weighted by atomic mass is 19.1. The van der Waals surface area contributed by atoms with Crippen molar-refractivity contribution in [3.63, 3.8) is 0 Å². The van der Waals surface area contributed by atoms with Crippen LogP contribution in [0.15, 0.2) is 36.4 Å². The van der Waals surface area contributed by atoms with Crippen molar-refractivity contribution < 1.29 is 18.3 Å². The maximum atomic E-state index is 13.6. The molecule has 0 heterocycles. The van der Waals surface area contributed by atoms with Gasteiger partial charge in [-0.1, -0.05) is 12.1 Å². The number of nitrogens with two attached hydrogens (primary N) is 1. The first-order chi connectivity index (χ1) is 10.0. The highest BCUT2D eigenvalue weighted by Crippen LogP contribution is 2.25. The molecule has 1 amide bonds. The van der Waals surface area contributed by atoms with Crippen LogP contribution in [0.4, 0.5) is 20.2 Å². The summed E-state index contributed by atoms with van der Waals surface area (Å²) in [6, 6.07) is 8.29. The highest BCUT2D eigenvalue weighted by molar-refractivity contribution is 6.05. The molecule has 3 N–H and O–H groups in total. The van der Waals surface area contributed by atoms with Gasteiger partial charge in [-0.25, -0.2) is 8.78 Å². The number of para-hydroxylation sites is 2. The Morgan fingerprint density at radius 3 is 2.67 bits per heavy atom. The lowest BCUT2D eigenvalue weighted by atomic mass is 10.1. The number of anilines is 2. The lowest BCUT2D eigenvalue weighted by Crippen LogP contribution is -2.15.